The van der Waals surface area contributed by atoms with Crippen LogP contribution in [0.4, 0.5) is 21.6 Å². The first-order chi connectivity index (χ1) is 16.6. The number of aromatic nitrogens is 2. The van der Waals surface area contributed by atoms with Gasteiger partial charge in [0, 0.05) is 38.3 Å². The smallest absolute Gasteiger partial charge is 0.234 e. The molecule has 2 heterocycles. The topological polar surface area (TPSA) is 79.8 Å². The molecule has 34 heavy (non-hydrogen) atoms. The van der Waals surface area contributed by atoms with Gasteiger partial charge in [-0.05, 0) is 24.3 Å². The monoisotopic (exact) mass is 483 g/mol. The maximum absolute atomic E-state index is 14.1. The largest absolute Gasteiger partial charge is 0.497 e. The van der Waals surface area contributed by atoms with Gasteiger partial charge in [-0.1, -0.05) is 23.9 Å². The number of anilines is 3. The molecule has 4 rings (SSSR count). The van der Waals surface area contributed by atoms with Gasteiger partial charge in [-0.15, -0.1) is 0 Å². The Bertz CT molecular complexity index is 1140. The summed E-state index contributed by atoms with van der Waals surface area (Å²) < 4.78 is 24.6. The lowest BCUT2D eigenvalue weighted by atomic mass is 10.2. The van der Waals surface area contributed by atoms with E-state index in [0.29, 0.717) is 54.1 Å². The number of hydrogen-bond acceptors (Lipinski definition) is 8. The first kappa shape index (κ1) is 23.6. The minimum absolute atomic E-state index is 0.178. The van der Waals surface area contributed by atoms with Gasteiger partial charge in [-0.2, -0.15) is 0 Å². The first-order valence-electron chi connectivity index (χ1n) is 10.8. The molecular formula is C24H26FN5O3S. The number of thioether (sulfide) groups is 1. The van der Waals surface area contributed by atoms with Gasteiger partial charge in [0.15, 0.2) is 0 Å². The molecule has 178 valence electrons. The molecule has 0 unspecified atom stereocenters. The lowest BCUT2D eigenvalue weighted by molar-refractivity contribution is -0.113. The van der Waals surface area contributed by atoms with Crippen molar-refractivity contribution in [1.29, 1.82) is 0 Å². The molecule has 1 aromatic heterocycles. The van der Waals surface area contributed by atoms with Crippen LogP contribution in [0.2, 0.25) is 0 Å². The number of para-hydroxylation sites is 1. The highest BCUT2D eigenvalue weighted by molar-refractivity contribution is 7.99. The molecule has 3 aromatic rings. The van der Waals surface area contributed by atoms with E-state index in [-0.39, 0.29) is 17.5 Å². The fourth-order valence-electron chi connectivity index (χ4n) is 3.70. The second-order valence-electron chi connectivity index (χ2n) is 7.54. The molecule has 1 N–H and O–H groups in total. The van der Waals surface area contributed by atoms with E-state index < -0.39 is 0 Å². The van der Waals surface area contributed by atoms with E-state index in [1.54, 1.807) is 44.6 Å². The molecule has 0 radical (unpaired) electrons. The summed E-state index contributed by atoms with van der Waals surface area (Å²) in [5.41, 5.74) is 1.17. The highest BCUT2D eigenvalue weighted by Crippen LogP contribution is 2.29. The summed E-state index contributed by atoms with van der Waals surface area (Å²) in [7, 11) is 3.11. The molecule has 10 heteroatoms. The molecule has 2 aromatic carbocycles. The molecule has 0 saturated carbocycles. The predicted molar refractivity (Wildman–Crippen MR) is 132 cm³/mol. The van der Waals surface area contributed by atoms with E-state index >= 15 is 0 Å². The molecule has 1 aliphatic heterocycles. The van der Waals surface area contributed by atoms with Crippen LogP contribution < -0.4 is 24.6 Å². The summed E-state index contributed by atoms with van der Waals surface area (Å²) in [4.78, 5) is 25.4. The SMILES string of the molecule is COc1ccc(OC)c(NC(=O)CSc2cc(N3CCN(c4ccccc4F)CC3)ncn2)c1. The highest BCUT2D eigenvalue weighted by Gasteiger charge is 2.20. The summed E-state index contributed by atoms with van der Waals surface area (Å²) in [6, 6.07) is 13.9. The minimum Gasteiger partial charge on any atom is -0.497 e. The predicted octanol–water partition coefficient (Wildman–Crippen LogP) is 3.69. The quantitative estimate of drug-likeness (QED) is 0.384. The third-order valence-electron chi connectivity index (χ3n) is 5.46. The average Bonchev–Trinajstić information content (AvgIpc) is 2.88. The van der Waals surface area contributed by atoms with Crippen LogP contribution in [0.3, 0.4) is 0 Å². The van der Waals surface area contributed by atoms with Crippen molar-refractivity contribution in [2.24, 2.45) is 0 Å². The maximum atomic E-state index is 14.1. The molecule has 1 amide bonds. The number of nitrogens with one attached hydrogen (secondary N) is 1. The summed E-state index contributed by atoms with van der Waals surface area (Å²) in [6.45, 7) is 2.81. The van der Waals surface area contributed by atoms with Crippen LogP contribution in [0.25, 0.3) is 0 Å². The lowest BCUT2D eigenvalue weighted by Gasteiger charge is -2.36. The number of ether oxygens (including phenoxy) is 2. The Morgan fingerprint density at radius 3 is 2.53 bits per heavy atom. The minimum atomic E-state index is -0.207. The Balaban J connectivity index is 1.33. The van der Waals surface area contributed by atoms with Gasteiger partial charge in [-0.25, -0.2) is 14.4 Å². The third kappa shape index (κ3) is 5.69. The van der Waals surface area contributed by atoms with Crippen molar-refractivity contribution >= 4 is 34.9 Å². The summed E-state index contributed by atoms with van der Waals surface area (Å²) >= 11 is 1.33. The van der Waals surface area contributed by atoms with Gasteiger partial charge in [-0.3, -0.25) is 4.79 Å². The average molecular weight is 484 g/mol. The van der Waals surface area contributed by atoms with Gasteiger partial charge in [0.05, 0.1) is 31.3 Å². The van der Waals surface area contributed by atoms with Crippen molar-refractivity contribution in [3.8, 4) is 11.5 Å². The van der Waals surface area contributed by atoms with E-state index in [2.05, 4.69) is 20.2 Å². The van der Waals surface area contributed by atoms with E-state index in [0.717, 1.165) is 5.82 Å². The van der Waals surface area contributed by atoms with Gasteiger partial charge < -0.3 is 24.6 Å². The van der Waals surface area contributed by atoms with Crippen molar-refractivity contribution in [1.82, 2.24) is 9.97 Å². The van der Waals surface area contributed by atoms with Crippen LogP contribution in [0.1, 0.15) is 0 Å². The van der Waals surface area contributed by atoms with Crippen molar-refractivity contribution in [2.75, 3.05) is 61.3 Å². The number of carbonyl (C=O) groups excluding carboxylic acids is 1. The second kappa shape index (κ2) is 11.1. The summed E-state index contributed by atoms with van der Waals surface area (Å²) in [5, 5.41) is 3.56. The molecule has 0 aliphatic carbocycles. The molecule has 1 saturated heterocycles. The number of rotatable bonds is 8. The summed E-state index contributed by atoms with van der Waals surface area (Å²) in [5.74, 6) is 1.76. The van der Waals surface area contributed by atoms with Crippen LogP contribution in [0.15, 0.2) is 59.9 Å². The number of halogens is 1. The van der Waals surface area contributed by atoms with Gasteiger partial charge >= 0.3 is 0 Å². The van der Waals surface area contributed by atoms with Crippen molar-refractivity contribution in [3.63, 3.8) is 0 Å². The number of benzene rings is 2. The van der Waals surface area contributed by atoms with Crippen LogP contribution in [-0.4, -0.2) is 62.0 Å². The zero-order chi connectivity index (χ0) is 23.9. The van der Waals surface area contributed by atoms with Crippen LogP contribution >= 0.6 is 11.8 Å². The standard InChI is InChI=1S/C24H26FN5O3S/c1-32-17-7-8-21(33-2)19(13-17)28-23(31)15-34-24-14-22(26-16-27-24)30-11-9-29(10-12-30)20-6-4-3-5-18(20)25/h3-8,13-14,16H,9-12,15H2,1-2H3,(H,28,31). The molecule has 0 spiro atoms. The Labute approximate surface area is 202 Å². The van der Waals surface area contributed by atoms with Gasteiger partial charge in [0.25, 0.3) is 0 Å². The van der Waals surface area contributed by atoms with Crippen LogP contribution in [0, 0.1) is 5.82 Å². The Kier molecular flexibility index (Phi) is 7.69. The molecule has 0 atom stereocenters. The number of carbonyl (C=O) groups is 1. The third-order valence-corrected chi connectivity index (χ3v) is 6.38. The zero-order valence-electron chi connectivity index (χ0n) is 19.0. The zero-order valence-corrected chi connectivity index (χ0v) is 19.8. The first-order valence-corrected chi connectivity index (χ1v) is 11.8. The molecule has 0 bridgehead atoms. The number of nitrogens with zero attached hydrogens (tertiary/aromatic N) is 4. The Hall–Kier alpha value is -3.53. The summed E-state index contributed by atoms with van der Waals surface area (Å²) in [6.07, 6.45) is 1.50. The van der Waals surface area contributed by atoms with E-state index in [9.17, 15) is 9.18 Å². The number of amides is 1. The maximum Gasteiger partial charge on any atom is 0.234 e. The highest BCUT2D eigenvalue weighted by atomic mass is 32.2. The van der Waals surface area contributed by atoms with Crippen LogP contribution in [0.5, 0.6) is 11.5 Å². The van der Waals surface area contributed by atoms with E-state index in [1.807, 2.05) is 17.0 Å². The van der Waals surface area contributed by atoms with Gasteiger partial charge in [0.1, 0.15) is 34.5 Å². The number of piperazine rings is 1. The fraction of sp³-hybridized carbons (Fsp3) is 0.292. The van der Waals surface area contributed by atoms with Crippen molar-refractivity contribution in [2.45, 2.75) is 5.03 Å². The molecular weight excluding hydrogens is 457 g/mol. The Morgan fingerprint density at radius 1 is 1.03 bits per heavy atom. The number of methoxy groups -OCH3 is 2. The van der Waals surface area contributed by atoms with E-state index in [4.69, 9.17) is 9.47 Å². The van der Waals surface area contributed by atoms with Gasteiger partial charge in [0.2, 0.25) is 5.91 Å². The van der Waals surface area contributed by atoms with E-state index in [1.165, 1.54) is 24.2 Å². The lowest BCUT2D eigenvalue weighted by Crippen LogP contribution is -2.47. The number of hydrogen-bond donors (Lipinski definition) is 1. The molecule has 8 nitrogen and oxygen atoms in total. The van der Waals surface area contributed by atoms with Crippen molar-refractivity contribution in [3.05, 3.63) is 60.7 Å². The van der Waals surface area contributed by atoms with Crippen molar-refractivity contribution < 1.29 is 18.7 Å². The normalized spacial score (nSPS) is 13.5. The molecule has 1 aliphatic rings. The second-order valence-corrected chi connectivity index (χ2v) is 8.54. The molecule has 1 fully saturated rings. The fourth-order valence-corrected chi connectivity index (χ4v) is 4.37. The van der Waals surface area contributed by atoms with Crippen LogP contribution in [-0.2, 0) is 4.79 Å². The Morgan fingerprint density at radius 2 is 1.79 bits per heavy atom.